The molecule has 0 aliphatic heterocycles. The van der Waals surface area contributed by atoms with Crippen LogP contribution in [0.1, 0.15) is 38.2 Å². The predicted molar refractivity (Wildman–Crippen MR) is 71.6 cm³/mol. The van der Waals surface area contributed by atoms with Gasteiger partial charge in [0, 0.05) is 6.04 Å². The first-order valence-electron chi connectivity index (χ1n) is 6.47. The highest BCUT2D eigenvalue weighted by Gasteiger charge is 2.50. The molecule has 1 aromatic rings. The lowest BCUT2D eigenvalue weighted by molar-refractivity contribution is 0.0481. The summed E-state index contributed by atoms with van der Waals surface area (Å²) in [5.41, 5.74) is 1.72. The average Bonchev–Trinajstić information content (AvgIpc) is 2.37. The van der Waals surface area contributed by atoms with E-state index in [2.05, 4.69) is 44.4 Å². The first-order chi connectivity index (χ1) is 8.17. The van der Waals surface area contributed by atoms with Gasteiger partial charge in [-0.05, 0) is 42.9 Å². The van der Waals surface area contributed by atoms with E-state index in [-0.39, 0.29) is 0 Å². The highest BCUT2D eigenvalue weighted by molar-refractivity contribution is 5.40. The van der Waals surface area contributed by atoms with Crippen LogP contribution in [-0.2, 0) is 0 Å². The van der Waals surface area contributed by atoms with Gasteiger partial charge in [-0.3, -0.25) is 0 Å². The normalized spacial score (nSPS) is 32.0. The summed E-state index contributed by atoms with van der Waals surface area (Å²) in [6, 6.07) is 9.06. The van der Waals surface area contributed by atoms with Crippen molar-refractivity contribution in [2.45, 2.75) is 38.6 Å². The Hall–Kier alpha value is -1.02. The molecule has 2 nitrogen and oxygen atoms in total. The Balaban J connectivity index is 2.30. The third-order valence-corrected chi connectivity index (χ3v) is 4.69. The van der Waals surface area contributed by atoms with Gasteiger partial charge in [0.05, 0.1) is 7.11 Å². The molecule has 1 fully saturated rings. The summed E-state index contributed by atoms with van der Waals surface area (Å²) in [5, 5.41) is 3.44. The van der Waals surface area contributed by atoms with Crippen LogP contribution in [0, 0.1) is 5.41 Å². The summed E-state index contributed by atoms with van der Waals surface area (Å²) >= 11 is 0. The molecule has 17 heavy (non-hydrogen) atoms. The number of hydrogen-bond donors (Lipinski definition) is 1. The largest absolute Gasteiger partial charge is 0.496 e. The Bertz CT molecular complexity index is 390. The van der Waals surface area contributed by atoms with Crippen molar-refractivity contribution < 1.29 is 4.74 Å². The Morgan fingerprint density at radius 1 is 1.41 bits per heavy atom. The van der Waals surface area contributed by atoms with Crippen LogP contribution in [0.2, 0.25) is 0 Å². The lowest BCUT2D eigenvalue weighted by Crippen LogP contribution is -2.55. The van der Waals surface area contributed by atoms with Crippen LogP contribution >= 0.6 is 0 Å². The van der Waals surface area contributed by atoms with Crippen molar-refractivity contribution in [3.8, 4) is 5.75 Å². The minimum absolute atomic E-state index is 0.351. The minimum atomic E-state index is 0.351. The van der Waals surface area contributed by atoms with Crippen molar-refractivity contribution in [2.24, 2.45) is 5.41 Å². The molecule has 1 aromatic carbocycles. The van der Waals surface area contributed by atoms with E-state index in [0.717, 1.165) is 5.75 Å². The molecule has 1 saturated carbocycles. The lowest BCUT2D eigenvalue weighted by Gasteiger charge is -2.54. The van der Waals surface area contributed by atoms with Crippen LogP contribution in [0.3, 0.4) is 0 Å². The van der Waals surface area contributed by atoms with E-state index in [1.54, 1.807) is 7.11 Å². The monoisotopic (exact) mass is 233 g/mol. The quantitative estimate of drug-likeness (QED) is 0.862. The fourth-order valence-corrected chi connectivity index (χ4v) is 3.23. The zero-order valence-electron chi connectivity index (χ0n) is 11.3. The van der Waals surface area contributed by atoms with Gasteiger partial charge in [0.2, 0.25) is 0 Å². The molecule has 3 atom stereocenters. The van der Waals surface area contributed by atoms with E-state index in [0.29, 0.717) is 17.4 Å². The molecule has 0 amide bonds. The van der Waals surface area contributed by atoms with Crippen LogP contribution in [0.15, 0.2) is 24.3 Å². The first kappa shape index (κ1) is 12.4. The number of rotatable bonds is 4. The van der Waals surface area contributed by atoms with Crippen molar-refractivity contribution in [1.29, 1.82) is 0 Å². The van der Waals surface area contributed by atoms with Gasteiger partial charge < -0.3 is 10.1 Å². The molecule has 0 bridgehead atoms. The summed E-state index contributed by atoms with van der Waals surface area (Å²) in [7, 11) is 3.83. The maximum atomic E-state index is 5.49. The van der Waals surface area contributed by atoms with Gasteiger partial charge in [-0.1, -0.05) is 32.0 Å². The molecule has 2 heteroatoms. The fraction of sp³-hybridized carbons (Fsp3) is 0.600. The zero-order valence-corrected chi connectivity index (χ0v) is 11.3. The first-order valence-corrected chi connectivity index (χ1v) is 6.47. The number of benzene rings is 1. The van der Waals surface area contributed by atoms with Gasteiger partial charge in [0.15, 0.2) is 0 Å². The second kappa shape index (κ2) is 4.69. The summed E-state index contributed by atoms with van der Waals surface area (Å²) in [4.78, 5) is 0. The molecule has 0 spiro atoms. The fourth-order valence-electron chi connectivity index (χ4n) is 3.23. The molecule has 1 N–H and O–H groups in total. The zero-order chi connectivity index (χ0) is 12.5. The molecule has 94 valence electrons. The van der Waals surface area contributed by atoms with E-state index in [9.17, 15) is 0 Å². The molecular formula is C15H23NO. The number of methoxy groups -OCH3 is 1. The van der Waals surface area contributed by atoms with Crippen molar-refractivity contribution in [2.75, 3.05) is 14.2 Å². The van der Waals surface area contributed by atoms with Crippen LogP contribution < -0.4 is 10.1 Å². The van der Waals surface area contributed by atoms with Gasteiger partial charge in [-0.25, -0.2) is 0 Å². The second-order valence-electron chi connectivity index (χ2n) is 5.23. The van der Waals surface area contributed by atoms with Crippen LogP contribution in [-0.4, -0.2) is 20.2 Å². The average molecular weight is 233 g/mol. The van der Waals surface area contributed by atoms with E-state index in [1.165, 1.54) is 18.4 Å². The molecule has 2 rings (SSSR count). The Morgan fingerprint density at radius 2 is 2.12 bits per heavy atom. The second-order valence-corrected chi connectivity index (χ2v) is 5.23. The third kappa shape index (κ3) is 1.85. The standard InChI is InChI=1S/C15H23NO/c1-5-15(2)12(10-14(15)16-3)11-8-6-7-9-13(11)17-4/h6-9,12,14,16H,5,10H2,1-4H3. The maximum absolute atomic E-state index is 5.49. The van der Waals surface area contributed by atoms with Gasteiger partial charge >= 0.3 is 0 Å². The highest BCUT2D eigenvalue weighted by Crippen LogP contribution is 2.56. The third-order valence-electron chi connectivity index (χ3n) is 4.69. The van der Waals surface area contributed by atoms with Crippen LogP contribution in [0.25, 0.3) is 0 Å². The van der Waals surface area contributed by atoms with Crippen molar-refractivity contribution in [3.05, 3.63) is 29.8 Å². The minimum Gasteiger partial charge on any atom is -0.496 e. The van der Waals surface area contributed by atoms with E-state index in [4.69, 9.17) is 4.74 Å². The Labute approximate surface area is 104 Å². The van der Waals surface area contributed by atoms with Crippen molar-refractivity contribution in [3.63, 3.8) is 0 Å². The molecule has 0 saturated heterocycles. The van der Waals surface area contributed by atoms with Gasteiger partial charge in [0.1, 0.15) is 5.75 Å². The number of ether oxygens (including phenoxy) is 1. The van der Waals surface area contributed by atoms with Gasteiger partial charge in [0.25, 0.3) is 0 Å². The van der Waals surface area contributed by atoms with E-state index in [1.807, 2.05) is 6.07 Å². The van der Waals surface area contributed by atoms with E-state index < -0.39 is 0 Å². The molecule has 1 aliphatic carbocycles. The maximum Gasteiger partial charge on any atom is 0.122 e. The number of nitrogens with one attached hydrogen (secondary N) is 1. The van der Waals surface area contributed by atoms with Crippen LogP contribution in [0.5, 0.6) is 5.75 Å². The van der Waals surface area contributed by atoms with Gasteiger partial charge in [-0.2, -0.15) is 0 Å². The summed E-state index contributed by atoms with van der Waals surface area (Å²) in [5.74, 6) is 1.65. The molecule has 1 aliphatic rings. The number of hydrogen-bond acceptors (Lipinski definition) is 2. The number of para-hydroxylation sites is 1. The Morgan fingerprint density at radius 3 is 2.71 bits per heavy atom. The molecular weight excluding hydrogens is 210 g/mol. The van der Waals surface area contributed by atoms with Crippen LogP contribution in [0.4, 0.5) is 0 Å². The smallest absolute Gasteiger partial charge is 0.122 e. The molecule has 0 heterocycles. The van der Waals surface area contributed by atoms with Crippen molar-refractivity contribution >= 4 is 0 Å². The molecule has 3 unspecified atom stereocenters. The molecule has 0 aromatic heterocycles. The van der Waals surface area contributed by atoms with E-state index >= 15 is 0 Å². The SMILES string of the molecule is CCC1(C)C(NC)CC1c1ccccc1OC. The summed E-state index contributed by atoms with van der Waals surface area (Å²) < 4.78 is 5.49. The van der Waals surface area contributed by atoms with Gasteiger partial charge in [-0.15, -0.1) is 0 Å². The van der Waals surface area contributed by atoms with Crippen molar-refractivity contribution in [1.82, 2.24) is 5.32 Å². The Kier molecular flexibility index (Phi) is 3.43. The summed E-state index contributed by atoms with van der Waals surface area (Å²) in [6.07, 6.45) is 2.41. The highest BCUT2D eigenvalue weighted by atomic mass is 16.5. The topological polar surface area (TPSA) is 21.3 Å². The predicted octanol–water partition coefficient (Wildman–Crippen LogP) is 3.19. The lowest BCUT2D eigenvalue weighted by atomic mass is 9.54. The summed E-state index contributed by atoms with van der Waals surface area (Å²) in [6.45, 7) is 4.67. The molecule has 0 radical (unpaired) electrons.